The van der Waals surface area contributed by atoms with Gasteiger partial charge >= 0.3 is 5.69 Å². The van der Waals surface area contributed by atoms with E-state index < -0.39 is 5.69 Å². The highest BCUT2D eigenvalue weighted by Gasteiger charge is 2.11. The molecule has 0 aromatic carbocycles. The maximum absolute atomic E-state index is 12.2. The van der Waals surface area contributed by atoms with Crippen molar-refractivity contribution in [3.63, 3.8) is 0 Å². The van der Waals surface area contributed by atoms with Crippen LogP contribution in [0.4, 0.5) is 0 Å². The summed E-state index contributed by atoms with van der Waals surface area (Å²) in [5.41, 5.74) is -0.323. The number of ether oxygens (including phenoxy) is 1. The summed E-state index contributed by atoms with van der Waals surface area (Å²) in [4.78, 5) is 26.4. The van der Waals surface area contributed by atoms with E-state index in [1.165, 1.54) is 0 Å². The Morgan fingerprint density at radius 1 is 1.30 bits per heavy atom. The molecule has 1 aromatic rings. The van der Waals surface area contributed by atoms with Gasteiger partial charge in [0, 0.05) is 6.61 Å². The maximum atomic E-state index is 12.2. The number of H-pyrrole nitrogens is 1. The minimum atomic E-state index is -0.479. The summed E-state index contributed by atoms with van der Waals surface area (Å²) in [5, 5.41) is 0.152. The van der Waals surface area contributed by atoms with Crippen molar-refractivity contribution in [2.75, 3.05) is 13.2 Å². The Bertz CT molecular complexity index is 534. The van der Waals surface area contributed by atoms with Gasteiger partial charge in [-0.1, -0.05) is 38.8 Å². The molecule has 0 aliphatic carbocycles. The molecule has 0 atom stereocenters. The number of hydrogen-bond acceptors (Lipinski definition) is 3. The van der Waals surface area contributed by atoms with Gasteiger partial charge in [-0.2, -0.15) is 0 Å². The molecule has 6 heteroatoms. The number of nitrogens with zero attached hydrogens (tertiary/aromatic N) is 1. The van der Waals surface area contributed by atoms with E-state index in [1.807, 2.05) is 6.92 Å². The van der Waals surface area contributed by atoms with Gasteiger partial charge in [-0.3, -0.25) is 14.3 Å². The second-order valence-electron chi connectivity index (χ2n) is 5.22. The van der Waals surface area contributed by atoms with Crippen molar-refractivity contribution in [2.45, 2.75) is 46.6 Å². The van der Waals surface area contributed by atoms with Crippen LogP contribution in [0.25, 0.3) is 0 Å². The number of hydrogen-bond donors (Lipinski definition) is 1. The average Bonchev–Trinajstić information content (AvgIpc) is 2.37. The van der Waals surface area contributed by atoms with Crippen LogP contribution < -0.4 is 11.2 Å². The molecule has 0 bridgehead atoms. The fourth-order valence-electron chi connectivity index (χ4n) is 1.83. The number of aromatic nitrogens is 2. The van der Waals surface area contributed by atoms with E-state index in [-0.39, 0.29) is 17.3 Å². The van der Waals surface area contributed by atoms with Crippen LogP contribution in [0, 0.1) is 5.92 Å². The third kappa shape index (κ3) is 4.80. The van der Waals surface area contributed by atoms with Crippen LogP contribution in [0.3, 0.4) is 0 Å². The molecule has 0 radical (unpaired) electrons. The Morgan fingerprint density at radius 2 is 2.00 bits per heavy atom. The number of aromatic amines is 1. The first-order valence-electron chi connectivity index (χ1n) is 7.06. The lowest BCUT2D eigenvalue weighted by Gasteiger charge is -2.09. The monoisotopic (exact) mass is 302 g/mol. The van der Waals surface area contributed by atoms with E-state index in [1.54, 1.807) is 0 Å². The van der Waals surface area contributed by atoms with Gasteiger partial charge in [0.2, 0.25) is 0 Å². The second kappa shape index (κ2) is 8.27. The van der Waals surface area contributed by atoms with E-state index in [2.05, 4.69) is 18.8 Å². The standard InChI is InChI=1S/C14H23ClN2O3/c1-4-5-11-12(15)16-14(19)17(13(11)18)7-9-20-8-6-10(2)3/h10H,4-9H2,1-3H3,(H,16,19). The van der Waals surface area contributed by atoms with E-state index in [4.69, 9.17) is 16.3 Å². The van der Waals surface area contributed by atoms with Crippen molar-refractivity contribution in [2.24, 2.45) is 5.92 Å². The second-order valence-corrected chi connectivity index (χ2v) is 5.60. The molecule has 0 aliphatic heterocycles. The molecular formula is C14H23ClN2O3. The molecule has 5 nitrogen and oxygen atoms in total. The zero-order valence-corrected chi connectivity index (χ0v) is 13.1. The average molecular weight is 303 g/mol. The summed E-state index contributed by atoms with van der Waals surface area (Å²) in [6.45, 7) is 7.44. The van der Waals surface area contributed by atoms with Crippen molar-refractivity contribution in [1.82, 2.24) is 9.55 Å². The van der Waals surface area contributed by atoms with Gasteiger partial charge in [0.25, 0.3) is 5.56 Å². The van der Waals surface area contributed by atoms with Gasteiger partial charge in [0.15, 0.2) is 0 Å². The van der Waals surface area contributed by atoms with Gasteiger partial charge in [-0.25, -0.2) is 4.79 Å². The Balaban J connectivity index is 2.73. The molecule has 114 valence electrons. The van der Waals surface area contributed by atoms with Crippen LogP contribution in [0.2, 0.25) is 5.15 Å². The highest BCUT2D eigenvalue weighted by atomic mass is 35.5. The summed E-state index contributed by atoms with van der Waals surface area (Å²) in [7, 11) is 0. The van der Waals surface area contributed by atoms with Crippen LogP contribution in [-0.4, -0.2) is 22.8 Å². The topological polar surface area (TPSA) is 64.1 Å². The highest BCUT2D eigenvalue weighted by Crippen LogP contribution is 2.07. The first kappa shape index (κ1) is 17.0. The Morgan fingerprint density at radius 3 is 2.60 bits per heavy atom. The molecule has 20 heavy (non-hydrogen) atoms. The van der Waals surface area contributed by atoms with Crippen LogP contribution in [0.15, 0.2) is 9.59 Å². The quantitative estimate of drug-likeness (QED) is 0.591. The summed E-state index contributed by atoms with van der Waals surface area (Å²) in [6.07, 6.45) is 2.32. The maximum Gasteiger partial charge on any atom is 0.329 e. The predicted molar refractivity (Wildman–Crippen MR) is 80.6 cm³/mol. The van der Waals surface area contributed by atoms with E-state index in [9.17, 15) is 9.59 Å². The van der Waals surface area contributed by atoms with Crippen LogP contribution >= 0.6 is 11.6 Å². The summed E-state index contributed by atoms with van der Waals surface area (Å²) < 4.78 is 6.60. The summed E-state index contributed by atoms with van der Waals surface area (Å²) in [6, 6.07) is 0. The van der Waals surface area contributed by atoms with Gasteiger partial charge in [-0.15, -0.1) is 0 Å². The molecule has 0 saturated heterocycles. The summed E-state index contributed by atoms with van der Waals surface area (Å²) in [5.74, 6) is 0.577. The SMILES string of the molecule is CCCc1c(Cl)[nH]c(=O)n(CCOCCC(C)C)c1=O. The fourth-order valence-corrected chi connectivity index (χ4v) is 2.09. The smallest absolute Gasteiger partial charge is 0.329 e. The molecule has 0 unspecified atom stereocenters. The highest BCUT2D eigenvalue weighted by molar-refractivity contribution is 6.30. The van der Waals surface area contributed by atoms with Crippen LogP contribution in [0.5, 0.6) is 0 Å². The minimum absolute atomic E-state index is 0.152. The van der Waals surface area contributed by atoms with Gasteiger partial charge in [0.05, 0.1) is 18.7 Å². The molecule has 0 aliphatic rings. The fraction of sp³-hybridized carbons (Fsp3) is 0.714. The lowest BCUT2D eigenvalue weighted by atomic mass is 10.1. The van der Waals surface area contributed by atoms with E-state index in [0.29, 0.717) is 31.1 Å². The van der Waals surface area contributed by atoms with Crippen molar-refractivity contribution in [3.8, 4) is 0 Å². The minimum Gasteiger partial charge on any atom is -0.380 e. The molecule has 1 N–H and O–H groups in total. The van der Waals surface area contributed by atoms with Crippen molar-refractivity contribution in [1.29, 1.82) is 0 Å². The van der Waals surface area contributed by atoms with E-state index in [0.717, 1.165) is 17.4 Å². The van der Waals surface area contributed by atoms with Gasteiger partial charge < -0.3 is 4.74 Å². The molecule has 0 saturated carbocycles. The number of rotatable bonds is 8. The Kier molecular flexibility index (Phi) is 7.02. The molecule has 1 aromatic heterocycles. The molecular weight excluding hydrogens is 280 g/mol. The van der Waals surface area contributed by atoms with E-state index >= 15 is 0 Å². The first-order valence-corrected chi connectivity index (χ1v) is 7.44. The molecule has 0 spiro atoms. The number of nitrogens with one attached hydrogen (secondary N) is 1. The molecule has 0 amide bonds. The lowest BCUT2D eigenvalue weighted by Crippen LogP contribution is -2.38. The largest absolute Gasteiger partial charge is 0.380 e. The van der Waals surface area contributed by atoms with Crippen LogP contribution in [-0.2, 0) is 17.7 Å². The predicted octanol–water partition coefficient (Wildman–Crippen LogP) is 2.21. The Hall–Kier alpha value is -1.07. The molecule has 0 fully saturated rings. The zero-order valence-electron chi connectivity index (χ0n) is 12.4. The Labute approximate surface area is 123 Å². The normalized spacial score (nSPS) is 11.2. The van der Waals surface area contributed by atoms with Crippen molar-refractivity contribution in [3.05, 3.63) is 31.6 Å². The van der Waals surface area contributed by atoms with Gasteiger partial charge in [-0.05, 0) is 18.8 Å². The number of halogens is 1. The first-order chi connectivity index (χ1) is 9.47. The van der Waals surface area contributed by atoms with Gasteiger partial charge in [0.1, 0.15) is 5.15 Å². The third-order valence-electron chi connectivity index (χ3n) is 3.03. The lowest BCUT2D eigenvalue weighted by molar-refractivity contribution is 0.114. The molecule has 1 heterocycles. The zero-order chi connectivity index (χ0) is 15.1. The summed E-state index contributed by atoms with van der Waals surface area (Å²) >= 11 is 5.90. The van der Waals surface area contributed by atoms with Crippen molar-refractivity contribution >= 4 is 11.6 Å². The molecule has 1 rings (SSSR count). The van der Waals surface area contributed by atoms with Crippen molar-refractivity contribution < 1.29 is 4.74 Å². The third-order valence-corrected chi connectivity index (χ3v) is 3.35. The van der Waals surface area contributed by atoms with Crippen LogP contribution in [0.1, 0.15) is 39.2 Å².